The molecule has 7 heteroatoms. The van der Waals surface area contributed by atoms with Gasteiger partial charge in [0.2, 0.25) is 11.5 Å². The molecule has 0 unspecified atom stereocenters. The summed E-state index contributed by atoms with van der Waals surface area (Å²) < 4.78 is 6.61. The molecule has 7 aromatic rings. The van der Waals surface area contributed by atoms with Gasteiger partial charge >= 0.3 is 0 Å². The van der Waals surface area contributed by atoms with Crippen LogP contribution in [0.15, 0.2) is 143 Å². The van der Waals surface area contributed by atoms with E-state index in [9.17, 15) is 25.5 Å². The highest BCUT2D eigenvalue weighted by Crippen LogP contribution is 2.47. The minimum atomic E-state index is -1.06. The molecule has 1 heterocycles. The van der Waals surface area contributed by atoms with E-state index in [1.54, 1.807) is 19.1 Å². The smallest absolute Gasteiger partial charge is 0.207 e. The number of benzene rings is 6. The maximum absolute atomic E-state index is 11.1. The lowest BCUT2D eigenvalue weighted by atomic mass is 9.84. The quantitative estimate of drug-likeness (QED) is 0.0650. The number of allylic oxidation sites excluding steroid dienone is 1. The number of fused-ring (bicyclic) bond motifs is 5. The van der Waals surface area contributed by atoms with Crippen LogP contribution in [0.25, 0.3) is 71.3 Å². The van der Waals surface area contributed by atoms with Gasteiger partial charge in [0, 0.05) is 27.5 Å². The molecule has 226 valence electrons. The molecule has 0 atom stereocenters. The largest absolute Gasteiger partial charge is 0.512 e. The molecule has 0 radical (unpaired) electrons. The summed E-state index contributed by atoms with van der Waals surface area (Å²) in [5.74, 6) is -3.51. The Morgan fingerprint density at radius 3 is 1.74 bits per heavy atom. The van der Waals surface area contributed by atoms with Gasteiger partial charge in [0.15, 0.2) is 11.5 Å². The van der Waals surface area contributed by atoms with Gasteiger partial charge in [-0.25, -0.2) is 0 Å². The maximum Gasteiger partial charge on any atom is 0.207 e. The van der Waals surface area contributed by atoms with Crippen LogP contribution < -0.4 is 0 Å². The average Bonchev–Trinajstić information content (AvgIpc) is 3.49. The number of phenols is 1. The normalized spacial score (nSPS) is 13.4. The second kappa shape index (κ2) is 11.0. The van der Waals surface area contributed by atoms with Gasteiger partial charge in [-0.15, -0.1) is 0 Å². The summed E-state index contributed by atoms with van der Waals surface area (Å²) in [4.78, 5) is 0. The average molecular weight is 609 g/mol. The van der Waals surface area contributed by atoms with Crippen LogP contribution >= 0.6 is 0 Å². The number of aliphatic hydroxyl groups is 5. The molecule has 6 aromatic carbocycles. The van der Waals surface area contributed by atoms with Gasteiger partial charge in [-0.2, -0.15) is 0 Å². The minimum absolute atomic E-state index is 0.183. The second-order valence-electron chi connectivity index (χ2n) is 11.0. The van der Waals surface area contributed by atoms with E-state index >= 15 is 0 Å². The maximum atomic E-state index is 11.1. The molecule has 0 aliphatic carbocycles. The Balaban J connectivity index is 1.60. The van der Waals surface area contributed by atoms with E-state index in [1.165, 1.54) is 0 Å². The number of furan rings is 1. The van der Waals surface area contributed by atoms with Crippen molar-refractivity contribution in [2.75, 3.05) is 0 Å². The monoisotopic (exact) mass is 608 g/mol. The van der Waals surface area contributed by atoms with Gasteiger partial charge in [0.05, 0.1) is 0 Å². The van der Waals surface area contributed by atoms with Crippen molar-refractivity contribution < 1.29 is 35.1 Å². The Kier molecular flexibility index (Phi) is 6.79. The molecule has 0 aliphatic heterocycles. The van der Waals surface area contributed by atoms with Crippen molar-refractivity contribution in [1.29, 1.82) is 0 Å². The molecular weight excluding hydrogens is 580 g/mol. The Hall–Kier alpha value is -6.34. The number of phenolic OH excluding ortho intramolecular Hbond substituents is 1. The third kappa shape index (κ3) is 4.37. The van der Waals surface area contributed by atoms with Crippen LogP contribution in [0.2, 0.25) is 0 Å². The van der Waals surface area contributed by atoms with Gasteiger partial charge in [-0.1, -0.05) is 84.9 Å². The molecule has 0 aliphatic rings. The van der Waals surface area contributed by atoms with Crippen LogP contribution in [-0.4, -0.2) is 30.6 Å². The molecule has 0 bridgehead atoms. The Bertz CT molecular complexity index is 2370. The van der Waals surface area contributed by atoms with Gasteiger partial charge in [0.1, 0.15) is 23.2 Å². The predicted molar refractivity (Wildman–Crippen MR) is 182 cm³/mol. The highest BCUT2D eigenvalue weighted by molar-refractivity contribution is 6.24. The fraction of sp³-hybridized carbons (Fsp3) is 0.0256. The van der Waals surface area contributed by atoms with Crippen molar-refractivity contribution >= 4 is 49.1 Å². The van der Waals surface area contributed by atoms with Crippen LogP contribution in [0, 0.1) is 0 Å². The first kappa shape index (κ1) is 28.4. The van der Waals surface area contributed by atoms with E-state index in [1.807, 2.05) is 91.0 Å². The molecule has 0 fully saturated rings. The van der Waals surface area contributed by atoms with Gasteiger partial charge in [0.25, 0.3) is 0 Å². The van der Waals surface area contributed by atoms with Crippen molar-refractivity contribution in [2.24, 2.45) is 0 Å². The van der Waals surface area contributed by atoms with E-state index in [-0.39, 0.29) is 17.6 Å². The lowest BCUT2D eigenvalue weighted by Crippen LogP contribution is -2.01. The third-order valence-corrected chi connectivity index (χ3v) is 8.45. The zero-order chi connectivity index (χ0) is 32.1. The standard InChI is InChI=1S/C39H28O7/c1-21(36(43)38(45)37(44)31(42)20-40)33-25-8-2-4-10-27(25)34(28-11-5-3-9-26(28)33)30-19-18-24(22-14-16-23(41)17-15-22)35-29-12-6-7-13-32(29)46-39(30)35/h2-20,40-45H,1H3/b31-20-,36-21-,38-37-. The molecule has 0 spiro atoms. The SMILES string of the molecule is C\C(=C(O)/C(O)=C(O)\C(O)=C\O)c1c2ccccc2c(-c2ccc(-c3ccc(O)cc3)c3c2oc2ccccc23)c2ccccc12. The molecule has 7 nitrogen and oxygen atoms in total. The van der Waals surface area contributed by atoms with E-state index in [2.05, 4.69) is 6.07 Å². The van der Waals surface area contributed by atoms with Crippen molar-refractivity contribution in [3.05, 3.63) is 144 Å². The lowest BCUT2D eigenvalue weighted by molar-refractivity contribution is 0.254. The molecule has 0 amide bonds. The van der Waals surface area contributed by atoms with Crippen molar-refractivity contribution in [1.82, 2.24) is 0 Å². The fourth-order valence-electron chi connectivity index (χ4n) is 6.32. The second-order valence-corrected chi connectivity index (χ2v) is 11.0. The number of aliphatic hydroxyl groups excluding tert-OH is 5. The summed E-state index contributed by atoms with van der Waals surface area (Å²) in [7, 11) is 0. The first-order valence-electron chi connectivity index (χ1n) is 14.5. The number of hydrogen-bond donors (Lipinski definition) is 6. The predicted octanol–water partition coefficient (Wildman–Crippen LogP) is 10.5. The third-order valence-electron chi connectivity index (χ3n) is 8.45. The first-order chi connectivity index (χ1) is 22.3. The van der Waals surface area contributed by atoms with E-state index in [0.29, 0.717) is 11.1 Å². The van der Waals surface area contributed by atoms with Gasteiger partial charge in [-0.3, -0.25) is 0 Å². The summed E-state index contributed by atoms with van der Waals surface area (Å²) in [5.41, 5.74) is 5.94. The molecule has 6 N–H and O–H groups in total. The Morgan fingerprint density at radius 2 is 1.13 bits per heavy atom. The Labute approximate surface area is 262 Å². The lowest BCUT2D eigenvalue weighted by Gasteiger charge is -2.19. The molecular formula is C39H28O7. The van der Waals surface area contributed by atoms with Gasteiger partial charge < -0.3 is 35.1 Å². The molecule has 0 saturated carbocycles. The number of rotatable bonds is 5. The highest BCUT2D eigenvalue weighted by atomic mass is 16.4. The molecule has 1 aromatic heterocycles. The molecule has 7 rings (SSSR count). The number of para-hydroxylation sites is 1. The first-order valence-corrected chi connectivity index (χ1v) is 14.5. The number of aromatic hydroxyl groups is 1. The highest BCUT2D eigenvalue weighted by Gasteiger charge is 2.24. The molecule has 0 saturated heterocycles. The Morgan fingerprint density at radius 1 is 0.587 bits per heavy atom. The van der Waals surface area contributed by atoms with Crippen LogP contribution in [0.4, 0.5) is 0 Å². The topological polar surface area (TPSA) is 135 Å². The minimum Gasteiger partial charge on any atom is -0.512 e. The van der Waals surface area contributed by atoms with Crippen LogP contribution in [0.5, 0.6) is 5.75 Å². The zero-order valence-electron chi connectivity index (χ0n) is 24.6. The van der Waals surface area contributed by atoms with Crippen molar-refractivity contribution in [2.45, 2.75) is 6.92 Å². The number of hydrogen-bond acceptors (Lipinski definition) is 7. The summed E-state index contributed by atoms with van der Waals surface area (Å²) in [6.07, 6.45) is 0.222. The van der Waals surface area contributed by atoms with Crippen molar-refractivity contribution in [3.63, 3.8) is 0 Å². The van der Waals surface area contributed by atoms with E-state index in [4.69, 9.17) is 9.52 Å². The summed E-state index contributed by atoms with van der Waals surface area (Å²) in [6.45, 7) is 1.61. The fourth-order valence-corrected chi connectivity index (χ4v) is 6.32. The zero-order valence-corrected chi connectivity index (χ0v) is 24.6. The summed E-state index contributed by atoms with van der Waals surface area (Å²) in [6, 6.07) is 34.5. The summed E-state index contributed by atoms with van der Waals surface area (Å²) in [5, 5.41) is 65.8. The van der Waals surface area contributed by atoms with Crippen LogP contribution in [0.1, 0.15) is 12.5 Å². The van der Waals surface area contributed by atoms with Gasteiger partial charge in [-0.05, 0) is 69.4 Å². The van der Waals surface area contributed by atoms with E-state index in [0.717, 1.165) is 60.2 Å². The van der Waals surface area contributed by atoms with Crippen molar-refractivity contribution in [3.8, 4) is 28.0 Å². The van der Waals surface area contributed by atoms with Crippen LogP contribution in [0.3, 0.4) is 0 Å². The van der Waals surface area contributed by atoms with Crippen LogP contribution in [-0.2, 0) is 0 Å². The van der Waals surface area contributed by atoms with E-state index < -0.39 is 23.0 Å². The molecule has 46 heavy (non-hydrogen) atoms. The summed E-state index contributed by atoms with van der Waals surface area (Å²) >= 11 is 0.